The van der Waals surface area contributed by atoms with Gasteiger partial charge in [-0.15, -0.1) is 0 Å². The molecule has 0 heterocycles. The highest BCUT2D eigenvalue weighted by molar-refractivity contribution is 5.74. The van der Waals surface area contributed by atoms with Crippen molar-refractivity contribution in [3.05, 3.63) is 66.2 Å². The Morgan fingerprint density at radius 1 is 0.962 bits per heavy atom. The molecule has 26 heavy (non-hydrogen) atoms. The molecule has 0 saturated heterocycles. The Morgan fingerprint density at radius 2 is 1.58 bits per heavy atom. The number of carbonyl (C=O) groups is 1. The minimum absolute atomic E-state index is 0.0295. The Morgan fingerprint density at radius 3 is 2.19 bits per heavy atom. The lowest BCUT2D eigenvalue weighted by Gasteiger charge is -2.23. The number of para-hydroxylation sites is 1. The molecule has 0 aliphatic rings. The molecule has 2 amide bonds. The lowest BCUT2D eigenvalue weighted by atomic mass is 10.1. The molecule has 2 aromatic carbocycles. The molecular weight excluding hydrogens is 324 g/mol. The molecule has 0 radical (unpaired) electrons. The van der Waals surface area contributed by atoms with E-state index in [1.807, 2.05) is 62.6 Å². The SMILES string of the molecule is CN(C)CC(NC(=O)NCCCN(C)c1ccccc1)c1ccccc1. The van der Waals surface area contributed by atoms with Crippen LogP contribution >= 0.6 is 0 Å². The van der Waals surface area contributed by atoms with E-state index in [4.69, 9.17) is 0 Å². The second-order valence-corrected chi connectivity index (χ2v) is 6.74. The van der Waals surface area contributed by atoms with Gasteiger partial charge < -0.3 is 20.4 Å². The molecule has 2 rings (SSSR count). The maximum absolute atomic E-state index is 12.3. The van der Waals surface area contributed by atoms with Gasteiger partial charge >= 0.3 is 6.03 Å². The van der Waals surface area contributed by atoms with E-state index in [-0.39, 0.29) is 12.1 Å². The summed E-state index contributed by atoms with van der Waals surface area (Å²) in [6.45, 7) is 2.30. The van der Waals surface area contributed by atoms with Crippen LogP contribution in [0.25, 0.3) is 0 Å². The first kappa shape index (κ1) is 19.8. The van der Waals surface area contributed by atoms with Gasteiger partial charge in [0.2, 0.25) is 0 Å². The van der Waals surface area contributed by atoms with Gasteiger partial charge in [0.15, 0.2) is 0 Å². The first-order valence-electron chi connectivity index (χ1n) is 9.06. The third kappa shape index (κ3) is 6.76. The number of urea groups is 1. The van der Waals surface area contributed by atoms with Gasteiger partial charge in [-0.25, -0.2) is 4.79 Å². The fraction of sp³-hybridized carbons (Fsp3) is 0.381. The van der Waals surface area contributed by atoms with Crippen LogP contribution in [0, 0.1) is 0 Å². The minimum Gasteiger partial charge on any atom is -0.375 e. The molecule has 2 aromatic rings. The van der Waals surface area contributed by atoms with E-state index in [0.29, 0.717) is 6.54 Å². The predicted octanol–water partition coefficient (Wildman–Crippen LogP) is 3.12. The largest absolute Gasteiger partial charge is 0.375 e. The molecule has 140 valence electrons. The van der Waals surface area contributed by atoms with Gasteiger partial charge in [-0.3, -0.25) is 0 Å². The van der Waals surface area contributed by atoms with Crippen molar-refractivity contribution in [1.29, 1.82) is 0 Å². The maximum atomic E-state index is 12.3. The number of nitrogens with one attached hydrogen (secondary N) is 2. The van der Waals surface area contributed by atoms with E-state index in [0.717, 1.165) is 25.1 Å². The van der Waals surface area contributed by atoms with Gasteiger partial charge in [-0.2, -0.15) is 0 Å². The van der Waals surface area contributed by atoms with E-state index in [2.05, 4.69) is 39.6 Å². The zero-order chi connectivity index (χ0) is 18.8. The third-order valence-electron chi connectivity index (χ3n) is 4.21. The smallest absolute Gasteiger partial charge is 0.315 e. The van der Waals surface area contributed by atoms with Crippen LogP contribution in [-0.2, 0) is 0 Å². The van der Waals surface area contributed by atoms with Crippen LogP contribution in [0.3, 0.4) is 0 Å². The Bertz CT molecular complexity index is 646. The molecule has 5 nitrogen and oxygen atoms in total. The van der Waals surface area contributed by atoms with Crippen molar-refractivity contribution in [3.8, 4) is 0 Å². The Balaban J connectivity index is 1.76. The molecule has 0 aliphatic heterocycles. The lowest BCUT2D eigenvalue weighted by Crippen LogP contribution is -2.42. The average Bonchev–Trinajstić information content (AvgIpc) is 2.65. The van der Waals surface area contributed by atoms with Crippen molar-refractivity contribution < 1.29 is 4.79 Å². The van der Waals surface area contributed by atoms with E-state index in [1.54, 1.807) is 0 Å². The number of likely N-dealkylation sites (N-methyl/N-ethyl adjacent to an activating group) is 1. The van der Waals surface area contributed by atoms with Crippen molar-refractivity contribution in [2.75, 3.05) is 45.7 Å². The van der Waals surface area contributed by atoms with Crippen molar-refractivity contribution >= 4 is 11.7 Å². The Hall–Kier alpha value is -2.53. The molecule has 0 bridgehead atoms. The van der Waals surface area contributed by atoms with Crippen LogP contribution < -0.4 is 15.5 Å². The summed E-state index contributed by atoms with van der Waals surface area (Å²) in [5, 5.41) is 6.05. The number of hydrogen-bond acceptors (Lipinski definition) is 3. The molecule has 2 N–H and O–H groups in total. The average molecular weight is 354 g/mol. The number of rotatable bonds is 9. The minimum atomic E-state index is -0.122. The second kappa shape index (κ2) is 10.5. The van der Waals surface area contributed by atoms with Gasteiger partial charge in [0.05, 0.1) is 6.04 Å². The molecule has 1 atom stereocenters. The normalized spacial score (nSPS) is 11.8. The van der Waals surface area contributed by atoms with Gasteiger partial charge in [0.25, 0.3) is 0 Å². The highest BCUT2D eigenvalue weighted by Crippen LogP contribution is 2.13. The van der Waals surface area contributed by atoms with E-state index in [9.17, 15) is 4.79 Å². The van der Waals surface area contributed by atoms with Crippen LogP contribution in [0.4, 0.5) is 10.5 Å². The summed E-state index contributed by atoms with van der Waals surface area (Å²) in [5.41, 5.74) is 2.30. The van der Waals surface area contributed by atoms with Gasteiger partial charge in [-0.1, -0.05) is 48.5 Å². The van der Waals surface area contributed by atoms with Gasteiger partial charge in [-0.05, 0) is 38.2 Å². The van der Waals surface area contributed by atoms with E-state index < -0.39 is 0 Å². The number of nitrogens with zero attached hydrogens (tertiary/aromatic N) is 2. The highest BCUT2D eigenvalue weighted by atomic mass is 16.2. The van der Waals surface area contributed by atoms with Crippen LogP contribution in [0.2, 0.25) is 0 Å². The topological polar surface area (TPSA) is 47.6 Å². The fourth-order valence-electron chi connectivity index (χ4n) is 2.82. The quantitative estimate of drug-likeness (QED) is 0.680. The number of anilines is 1. The molecule has 1 unspecified atom stereocenters. The van der Waals surface area contributed by atoms with Crippen LogP contribution in [0.5, 0.6) is 0 Å². The van der Waals surface area contributed by atoms with Crippen molar-refractivity contribution in [3.63, 3.8) is 0 Å². The predicted molar refractivity (Wildman–Crippen MR) is 109 cm³/mol. The fourth-order valence-corrected chi connectivity index (χ4v) is 2.82. The molecular formula is C21H30N4O. The van der Waals surface area contributed by atoms with E-state index in [1.165, 1.54) is 5.69 Å². The molecule has 0 fully saturated rings. The summed E-state index contributed by atoms with van der Waals surface area (Å²) in [7, 11) is 6.09. The van der Waals surface area contributed by atoms with Crippen LogP contribution in [0.15, 0.2) is 60.7 Å². The molecule has 0 aliphatic carbocycles. The maximum Gasteiger partial charge on any atom is 0.315 e. The summed E-state index contributed by atoms with van der Waals surface area (Å²) in [6.07, 6.45) is 0.891. The van der Waals surface area contributed by atoms with Crippen LogP contribution in [-0.4, -0.2) is 51.7 Å². The number of carbonyl (C=O) groups excluding carboxylic acids is 1. The van der Waals surface area contributed by atoms with Gasteiger partial charge in [0.1, 0.15) is 0 Å². The summed E-state index contributed by atoms with van der Waals surface area (Å²) in [6, 6.07) is 20.2. The van der Waals surface area contributed by atoms with Crippen molar-refractivity contribution in [1.82, 2.24) is 15.5 Å². The third-order valence-corrected chi connectivity index (χ3v) is 4.21. The molecule has 5 heteroatoms. The lowest BCUT2D eigenvalue weighted by molar-refractivity contribution is 0.233. The standard InChI is InChI=1S/C21H30N4O/c1-24(2)17-20(18-11-6-4-7-12-18)23-21(26)22-15-10-16-25(3)19-13-8-5-9-14-19/h4-9,11-14,20H,10,15-17H2,1-3H3,(H2,22,23,26). The summed E-state index contributed by atoms with van der Waals surface area (Å²) >= 11 is 0. The Kier molecular flexibility index (Phi) is 7.96. The molecule has 0 saturated carbocycles. The Labute approximate surface area is 157 Å². The van der Waals surface area contributed by atoms with Crippen LogP contribution in [0.1, 0.15) is 18.0 Å². The first-order valence-corrected chi connectivity index (χ1v) is 9.06. The summed E-state index contributed by atoms with van der Waals surface area (Å²) in [4.78, 5) is 16.5. The monoisotopic (exact) mass is 354 g/mol. The van der Waals surface area contributed by atoms with Gasteiger partial charge in [0, 0.05) is 32.4 Å². The number of amides is 2. The zero-order valence-corrected chi connectivity index (χ0v) is 16.0. The first-order chi connectivity index (χ1) is 12.6. The summed E-state index contributed by atoms with van der Waals surface area (Å²) in [5.74, 6) is 0. The number of benzene rings is 2. The molecule has 0 aromatic heterocycles. The zero-order valence-electron chi connectivity index (χ0n) is 16.0. The molecule has 0 spiro atoms. The summed E-state index contributed by atoms with van der Waals surface area (Å²) < 4.78 is 0. The van der Waals surface area contributed by atoms with Crippen molar-refractivity contribution in [2.45, 2.75) is 12.5 Å². The highest BCUT2D eigenvalue weighted by Gasteiger charge is 2.15. The van der Waals surface area contributed by atoms with Crippen molar-refractivity contribution in [2.24, 2.45) is 0 Å². The number of hydrogen-bond donors (Lipinski definition) is 2. The van der Waals surface area contributed by atoms with E-state index >= 15 is 0 Å². The second-order valence-electron chi connectivity index (χ2n) is 6.74.